The highest BCUT2D eigenvalue weighted by molar-refractivity contribution is 4.79. The van der Waals surface area contributed by atoms with Crippen LogP contribution in [-0.4, -0.2) is 35.0 Å². The Morgan fingerprint density at radius 3 is 2.00 bits per heavy atom. The zero-order valence-electron chi connectivity index (χ0n) is 10.0. The Morgan fingerprint density at radius 1 is 1.21 bits per heavy atom. The van der Waals surface area contributed by atoms with E-state index in [1.54, 1.807) is 0 Å². The molecule has 0 aromatic carbocycles. The summed E-state index contributed by atoms with van der Waals surface area (Å²) in [6.45, 7) is 10.1. The topological polar surface area (TPSA) is 52.5 Å². The van der Waals surface area contributed by atoms with E-state index >= 15 is 0 Å². The maximum atomic E-state index is 9.85. The van der Waals surface area contributed by atoms with Gasteiger partial charge >= 0.3 is 0 Å². The average Bonchev–Trinajstić information content (AvgIpc) is 2.00. The lowest BCUT2D eigenvalue weighted by molar-refractivity contribution is 0.0381. The van der Waals surface area contributed by atoms with Gasteiger partial charge in [0.1, 0.15) is 0 Å². The second kappa shape index (κ2) is 5.69. The zero-order chi connectivity index (χ0) is 11.4. The minimum absolute atomic E-state index is 0.00998. The highest BCUT2D eigenvalue weighted by Crippen LogP contribution is 2.22. The first-order chi connectivity index (χ1) is 6.27. The molecule has 3 nitrogen and oxygen atoms in total. The molecule has 0 aromatic heterocycles. The third-order valence-corrected chi connectivity index (χ3v) is 2.30. The van der Waals surface area contributed by atoms with E-state index in [4.69, 9.17) is 5.11 Å². The van der Waals surface area contributed by atoms with E-state index in [0.29, 0.717) is 12.5 Å². The lowest BCUT2D eigenvalue weighted by Gasteiger charge is -2.30. The fourth-order valence-corrected chi connectivity index (χ4v) is 1.29. The van der Waals surface area contributed by atoms with Crippen molar-refractivity contribution >= 4 is 0 Å². The van der Waals surface area contributed by atoms with Crippen LogP contribution >= 0.6 is 0 Å². The standard InChI is InChI=1S/C11H25NO2/c1-8(2)12-9(7-13)6-10(14)11(3,4)5/h8-10,12-14H,6-7H2,1-5H3. The number of nitrogens with one attached hydrogen (secondary N) is 1. The minimum Gasteiger partial charge on any atom is -0.395 e. The summed E-state index contributed by atoms with van der Waals surface area (Å²) in [7, 11) is 0. The van der Waals surface area contributed by atoms with Crippen LogP contribution in [0.1, 0.15) is 41.0 Å². The van der Waals surface area contributed by atoms with E-state index in [9.17, 15) is 5.11 Å². The molecule has 0 fully saturated rings. The minimum atomic E-state index is -0.383. The van der Waals surface area contributed by atoms with Gasteiger partial charge in [0.25, 0.3) is 0 Å². The molecule has 2 unspecified atom stereocenters. The van der Waals surface area contributed by atoms with Gasteiger partial charge in [-0.3, -0.25) is 0 Å². The van der Waals surface area contributed by atoms with Crippen LogP contribution < -0.4 is 5.32 Å². The van der Waals surface area contributed by atoms with Crippen molar-refractivity contribution < 1.29 is 10.2 Å². The molecule has 2 atom stereocenters. The zero-order valence-corrected chi connectivity index (χ0v) is 10.0. The fourth-order valence-electron chi connectivity index (χ4n) is 1.29. The molecule has 0 rings (SSSR count). The molecule has 0 aromatic rings. The smallest absolute Gasteiger partial charge is 0.0604 e. The molecule has 0 amide bonds. The second-order valence-corrected chi connectivity index (χ2v) is 5.32. The Balaban J connectivity index is 4.05. The summed E-state index contributed by atoms with van der Waals surface area (Å²) in [6, 6.07) is 0.323. The van der Waals surface area contributed by atoms with Crippen molar-refractivity contribution in [3.8, 4) is 0 Å². The predicted octanol–water partition coefficient (Wildman–Crippen LogP) is 1.14. The van der Waals surface area contributed by atoms with Crippen molar-refractivity contribution in [2.45, 2.75) is 59.2 Å². The maximum Gasteiger partial charge on any atom is 0.0604 e. The van der Waals surface area contributed by atoms with Crippen molar-refractivity contribution in [3.05, 3.63) is 0 Å². The van der Waals surface area contributed by atoms with E-state index in [1.807, 2.05) is 34.6 Å². The van der Waals surface area contributed by atoms with Crippen LogP contribution in [-0.2, 0) is 0 Å². The second-order valence-electron chi connectivity index (χ2n) is 5.32. The molecular weight excluding hydrogens is 178 g/mol. The van der Waals surface area contributed by atoms with Gasteiger partial charge in [-0.25, -0.2) is 0 Å². The lowest BCUT2D eigenvalue weighted by atomic mass is 9.85. The van der Waals surface area contributed by atoms with Crippen LogP contribution in [0.2, 0.25) is 0 Å². The maximum absolute atomic E-state index is 9.85. The molecular formula is C11H25NO2. The Hall–Kier alpha value is -0.120. The van der Waals surface area contributed by atoms with Gasteiger partial charge in [-0.1, -0.05) is 34.6 Å². The van der Waals surface area contributed by atoms with Crippen LogP contribution in [0.4, 0.5) is 0 Å². The van der Waals surface area contributed by atoms with Crippen LogP contribution in [0.15, 0.2) is 0 Å². The first-order valence-electron chi connectivity index (χ1n) is 5.32. The molecule has 0 spiro atoms. The van der Waals surface area contributed by atoms with Gasteiger partial charge in [0, 0.05) is 12.1 Å². The highest BCUT2D eigenvalue weighted by Gasteiger charge is 2.25. The van der Waals surface area contributed by atoms with Crippen LogP contribution in [0, 0.1) is 5.41 Å². The first-order valence-corrected chi connectivity index (χ1v) is 5.32. The van der Waals surface area contributed by atoms with Gasteiger partial charge in [0.2, 0.25) is 0 Å². The van der Waals surface area contributed by atoms with E-state index < -0.39 is 0 Å². The van der Waals surface area contributed by atoms with Gasteiger partial charge in [0.15, 0.2) is 0 Å². The summed E-state index contributed by atoms with van der Waals surface area (Å²) in [6.07, 6.45) is 0.212. The number of hydrogen-bond acceptors (Lipinski definition) is 3. The van der Waals surface area contributed by atoms with E-state index in [2.05, 4.69) is 5.32 Å². The Bertz CT molecular complexity index is 152. The van der Waals surface area contributed by atoms with Crippen LogP contribution in [0.3, 0.4) is 0 Å². The van der Waals surface area contributed by atoms with Crippen molar-refractivity contribution in [2.24, 2.45) is 5.41 Å². The van der Waals surface area contributed by atoms with E-state index in [1.165, 1.54) is 0 Å². The third kappa shape index (κ3) is 5.58. The van der Waals surface area contributed by atoms with Crippen molar-refractivity contribution in [1.82, 2.24) is 5.32 Å². The van der Waals surface area contributed by atoms with E-state index in [-0.39, 0.29) is 24.2 Å². The summed E-state index contributed by atoms with van der Waals surface area (Å²) in [4.78, 5) is 0. The molecule has 0 radical (unpaired) electrons. The third-order valence-electron chi connectivity index (χ3n) is 2.30. The van der Waals surface area contributed by atoms with E-state index in [0.717, 1.165) is 0 Å². The number of aliphatic hydroxyl groups excluding tert-OH is 2. The SMILES string of the molecule is CC(C)NC(CO)CC(O)C(C)(C)C. The van der Waals surface area contributed by atoms with Gasteiger partial charge < -0.3 is 15.5 Å². The summed E-state index contributed by atoms with van der Waals surface area (Å²) in [5.41, 5.74) is -0.119. The van der Waals surface area contributed by atoms with Crippen molar-refractivity contribution in [3.63, 3.8) is 0 Å². The Labute approximate surface area is 87.5 Å². The average molecular weight is 203 g/mol. The predicted molar refractivity (Wildman–Crippen MR) is 59.2 cm³/mol. The molecule has 0 saturated carbocycles. The summed E-state index contributed by atoms with van der Waals surface area (Å²) < 4.78 is 0. The van der Waals surface area contributed by atoms with Gasteiger partial charge in [-0.2, -0.15) is 0 Å². The largest absolute Gasteiger partial charge is 0.395 e. The molecule has 0 heterocycles. The molecule has 3 heteroatoms. The van der Waals surface area contributed by atoms with Crippen LogP contribution in [0.5, 0.6) is 0 Å². The summed E-state index contributed by atoms with van der Waals surface area (Å²) >= 11 is 0. The van der Waals surface area contributed by atoms with Crippen molar-refractivity contribution in [2.75, 3.05) is 6.61 Å². The van der Waals surface area contributed by atoms with Crippen LogP contribution in [0.25, 0.3) is 0 Å². The molecule has 0 bridgehead atoms. The highest BCUT2D eigenvalue weighted by atomic mass is 16.3. The van der Waals surface area contributed by atoms with Gasteiger partial charge in [-0.15, -0.1) is 0 Å². The number of hydrogen-bond donors (Lipinski definition) is 3. The molecule has 3 N–H and O–H groups in total. The quantitative estimate of drug-likeness (QED) is 0.628. The molecule has 0 aliphatic heterocycles. The molecule has 14 heavy (non-hydrogen) atoms. The van der Waals surface area contributed by atoms with Gasteiger partial charge in [-0.05, 0) is 11.8 Å². The van der Waals surface area contributed by atoms with Gasteiger partial charge in [0.05, 0.1) is 12.7 Å². The molecule has 0 saturated heterocycles. The fraction of sp³-hybridized carbons (Fsp3) is 1.00. The molecule has 0 aliphatic carbocycles. The summed E-state index contributed by atoms with van der Waals surface area (Å²) in [5.74, 6) is 0. The Kier molecular flexibility index (Phi) is 5.64. The molecule has 86 valence electrons. The number of aliphatic hydroxyl groups is 2. The van der Waals surface area contributed by atoms with Crippen molar-refractivity contribution in [1.29, 1.82) is 0 Å². The molecule has 0 aliphatic rings. The Morgan fingerprint density at radius 2 is 1.71 bits per heavy atom. The normalized spacial score (nSPS) is 17.1. The lowest BCUT2D eigenvalue weighted by Crippen LogP contribution is -2.42. The number of rotatable bonds is 5. The monoisotopic (exact) mass is 203 g/mol. The first kappa shape index (κ1) is 13.9. The summed E-state index contributed by atoms with van der Waals surface area (Å²) in [5, 5.41) is 22.2.